The zero-order chi connectivity index (χ0) is 37.1. The Morgan fingerprint density at radius 3 is 1.48 bits per heavy atom. The minimum Gasteiger partial charge on any atom is -0.207 e. The standard InChI is InChI=1S/C50H48F2/c1-47(2,3)39-22-19-30(25-44(39)51)32-15-13-17-41-46(32)34-21-18-29(24-42(34)50(41,9)10)36-28-43-37(33-14-11-12-16-38(33)49(43,7)8)27-35(36)31-20-23-40(45(52)26-31)48(4,5)6/h11-28H,1-10H3. The molecule has 0 nitrogen and oxygen atoms in total. The molecular weight excluding hydrogens is 639 g/mol. The topological polar surface area (TPSA) is 0 Å². The van der Waals surface area contributed by atoms with Crippen molar-refractivity contribution in [3.8, 4) is 55.6 Å². The van der Waals surface area contributed by atoms with Crippen molar-refractivity contribution in [1.29, 1.82) is 0 Å². The van der Waals surface area contributed by atoms with Gasteiger partial charge in [-0.15, -0.1) is 0 Å². The zero-order valence-electron chi connectivity index (χ0n) is 32.1. The predicted molar refractivity (Wildman–Crippen MR) is 215 cm³/mol. The summed E-state index contributed by atoms with van der Waals surface area (Å²) in [6.45, 7) is 21.5. The largest absolute Gasteiger partial charge is 0.207 e. The number of rotatable bonds is 3. The van der Waals surface area contributed by atoms with Crippen LogP contribution >= 0.6 is 0 Å². The molecule has 0 aliphatic heterocycles. The lowest BCUT2D eigenvalue weighted by molar-refractivity contribution is 0.522. The number of hydrogen-bond donors (Lipinski definition) is 0. The van der Waals surface area contributed by atoms with Gasteiger partial charge in [0.15, 0.2) is 0 Å². The number of hydrogen-bond acceptors (Lipinski definition) is 0. The molecule has 2 aliphatic carbocycles. The molecular formula is C50H48F2. The maximum atomic E-state index is 15.9. The van der Waals surface area contributed by atoms with E-state index in [1.165, 1.54) is 44.5 Å². The second-order valence-corrected chi connectivity index (χ2v) is 18.1. The van der Waals surface area contributed by atoms with Gasteiger partial charge in [0.1, 0.15) is 11.6 Å². The van der Waals surface area contributed by atoms with Gasteiger partial charge in [0.25, 0.3) is 0 Å². The molecule has 0 saturated carbocycles. The first-order chi connectivity index (χ1) is 24.4. The van der Waals surface area contributed by atoms with Crippen LogP contribution in [0.3, 0.4) is 0 Å². The Labute approximate surface area is 308 Å². The number of fused-ring (bicyclic) bond motifs is 6. The SMILES string of the molecule is CC(C)(C)c1ccc(-c2cc3c(cc2-c2ccc4c(c2)C(C)(C)c2cccc(-c5ccc(C(C)(C)C)c(F)c5)c2-4)C(C)(C)c2ccccc2-3)cc1F. The van der Waals surface area contributed by atoms with E-state index in [-0.39, 0.29) is 33.3 Å². The molecule has 8 rings (SSSR count). The summed E-state index contributed by atoms with van der Waals surface area (Å²) in [4.78, 5) is 0. The van der Waals surface area contributed by atoms with Crippen molar-refractivity contribution < 1.29 is 8.78 Å². The third-order valence-corrected chi connectivity index (χ3v) is 11.9. The van der Waals surface area contributed by atoms with Crippen LogP contribution in [0.1, 0.15) is 103 Å². The maximum absolute atomic E-state index is 15.9. The molecule has 0 fully saturated rings. The first-order valence-electron chi connectivity index (χ1n) is 18.6. The van der Waals surface area contributed by atoms with Crippen molar-refractivity contribution in [1.82, 2.24) is 0 Å². The average Bonchev–Trinajstić information content (AvgIpc) is 3.45. The van der Waals surface area contributed by atoms with Crippen LogP contribution in [0, 0.1) is 11.6 Å². The molecule has 2 heteroatoms. The molecule has 0 bridgehead atoms. The fourth-order valence-electron chi connectivity index (χ4n) is 9.00. The third-order valence-electron chi connectivity index (χ3n) is 11.9. The highest BCUT2D eigenvalue weighted by molar-refractivity contribution is 5.96. The summed E-state index contributed by atoms with van der Waals surface area (Å²) in [5, 5.41) is 0. The van der Waals surface area contributed by atoms with Gasteiger partial charge in [-0.25, -0.2) is 8.78 Å². The normalized spacial score (nSPS) is 15.2. The van der Waals surface area contributed by atoms with Gasteiger partial charge in [0.05, 0.1) is 0 Å². The highest BCUT2D eigenvalue weighted by Crippen LogP contribution is 2.55. The third kappa shape index (κ3) is 5.12. The van der Waals surface area contributed by atoms with E-state index < -0.39 is 0 Å². The van der Waals surface area contributed by atoms with Crippen LogP contribution in [-0.2, 0) is 21.7 Å². The van der Waals surface area contributed by atoms with Crippen molar-refractivity contribution in [2.24, 2.45) is 0 Å². The quantitative estimate of drug-likeness (QED) is 0.174. The second-order valence-electron chi connectivity index (χ2n) is 18.1. The highest BCUT2D eigenvalue weighted by atomic mass is 19.1. The van der Waals surface area contributed by atoms with Crippen LogP contribution in [0.25, 0.3) is 55.6 Å². The van der Waals surface area contributed by atoms with E-state index in [2.05, 4.69) is 133 Å². The minimum absolute atomic E-state index is 0.170. The summed E-state index contributed by atoms with van der Waals surface area (Å²) in [7, 11) is 0. The molecule has 6 aromatic rings. The molecule has 0 saturated heterocycles. The van der Waals surface area contributed by atoms with E-state index >= 15 is 8.78 Å². The first kappa shape index (κ1) is 34.3. The summed E-state index contributed by atoms with van der Waals surface area (Å²) >= 11 is 0. The average molecular weight is 687 g/mol. The van der Waals surface area contributed by atoms with E-state index in [9.17, 15) is 0 Å². The van der Waals surface area contributed by atoms with E-state index in [4.69, 9.17) is 0 Å². The molecule has 0 radical (unpaired) electrons. The zero-order valence-corrected chi connectivity index (χ0v) is 32.1. The fraction of sp³-hybridized carbons (Fsp3) is 0.280. The van der Waals surface area contributed by atoms with Gasteiger partial charge in [-0.3, -0.25) is 0 Å². The van der Waals surface area contributed by atoms with Crippen LogP contribution < -0.4 is 0 Å². The Morgan fingerprint density at radius 1 is 0.385 bits per heavy atom. The fourth-order valence-corrected chi connectivity index (χ4v) is 9.00. The van der Waals surface area contributed by atoms with Crippen LogP contribution in [-0.4, -0.2) is 0 Å². The number of benzene rings is 6. The lowest BCUT2D eigenvalue weighted by Crippen LogP contribution is -2.16. The smallest absolute Gasteiger partial charge is 0.127 e. The van der Waals surface area contributed by atoms with Gasteiger partial charge < -0.3 is 0 Å². The minimum atomic E-state index is -0.299. The van der Waals surface area contributed by atoms with Gasteiger partial charge >= 0.3 is 0 Å². The molecule has 52 heavy (non-hydrogen) atoms. The van der Waals surface area contributed by atoms with E-state index in [1.807, 2.05) is 32.9 Å². The molecule has 262 valence electrons. The summed E-state index contributed by atoms with van der Waals surface area (Å²) in [5.41, 5.74) is 16.3. The summed E-state index contributed by atoms with van der Waals surface area (Å²) in [5.74, 6) is -0.348. The van der Waals surface area contributed by atoms with Gasteiger partial charge in [0.2, 0.25) is 0 Å². The predicted octanol–water partition coefficient (Wildman–Crippen LogP) is 14.2. The van der Waals surface area contributed by atoms with Gasteiger partial charge in [-0.1, -0.05) is 148 Å². The molecule has 0 heterocycles. The maximum Gasteiger partial charge on any atom is 0.127 e. The van der Waals surface area contributed by atoms with Gasteiger partial charge in [-0.05, 0) is 130 Å². The summed E-state index contributed by atoms with van der Waals surface area (Å²) in [6, 6.07) is 38.1. The monoisotopic (exact) mass is 686 g/mol. The van der Waals surface area contributed by atoms with E-state index in [0.717, 1.165) is 38.9 Å². The lowest BCUT2D eigenvalue weighted by Gasteiger charge is -2.25. The summed E-state index contributed by atoms with van der Waals surface area (Å²) in [6.07, 6.45) is 0. The molecule has 0 amide bonds. The molecule has 6 aromatic carbocycles. The first-order valence-corrected chi connectivity index (χ1v) is 18.6. The Bertz CT molecular complexity index is 2440. The number of halogens is 2. The lowest BCUT2D eigenvalue weighted by atomic mass is 9.78. The van der Waals surface area contributed by atoms with Crippen LogP contribution in [0.5, 0.6) is 0 Å². The van der Waals surface area contributed by atoms with Gasteiger partial charge in [0, 0.05) is 10.8 Å². The highest BCUT2D eigenvalue weighted by Gasteiger charge is 2.39. The summed E-state index contributed by atoms with van der Waals surface area (Å²) < 4.78 is 31.5. The second kappa shape index (κ2) is 11.3. The Hall–Kier alpha value is -4.82. The van der Waals surface area contributed by atoms with E-state index in [0.29, 0.717) is 5.56 Å². The van der Waals surface area contributed by atoms with Gasteiger partial charge in [-0.2, -0.15) is 0 Å². The molecule has 0 aromatic heterocycles. The van der Waals surface area contributed by atoms with Crippen LogP contribution in [0.15, 0.2) is 109 Å². The van der Waals surface area contributed by atoms with Crippen molar-refractivity contribution >= 4 is 0 Å². The molecule has 0 unspecified atom stereocenters. The Balaban J connectivity index is 1.33. The Morgan fingerprint density at radius 2 is 0.865 bits per heavy atom. The molecule has 0 atom stereocenters. The van der Waals surface area contributed by atoms with Crippen molar-refractivity contribution in [3.05, 3.63) is 154 Å². The van der Waals surface area contributed by atoms with Crippen molar-refractivity contribution in [2.45, 2.75) is 90.9 Å². The molecule has 0 spiro atoms. The molecule has 0 N–H and O–H groups in total. The Kier molecular flexibility index (Phi) is 7.47. The van der Waals surface area contributed by atoms with Crippen molar-refractivity contribution in [2.75, 3.05) is 0 Å². The van der Waals surface area contributed by atoms with Crippen LogP contribution in [0.2, 0.25) is 0 Å². The molecule has 2 aliphatic rings. The van der Waals surface area contributed by atoms with E-state index in [1.54, 1.807) is 12.1 Å². The van der Waals surface area contributed by atoms with Crippen molar-refractivity contribution in [3.63, 3.8) is 0 Å². The van der Waals surface area contributed by atoms with Crippen LogP contribution in [0.4, 0.5) is 8.78 Å².